The van der Waals surface area contributed by atoms with Gasteiger partial charge in [-0.1, -0.05) is 41.9 Å². The van der Waals surface area contributed by atoms with E-state index in [1.54, 1.807) is 0 Å². The van der Waals surface area contributed by atoms with Crippen molar-refractivity contribution in [1.29, 1.82) is 0 Å². The van der Waals surface area contributed by atoms with Gasteiger partial charge < -0.3 is 19.7 Å². The third-order valence-electron chi connectivity index (χ3n) is 6.73. The Balaban J connectivity index is 1.50. The molecule has 2 aromatic carbocycles. The largest absolute Gasteiger partial charge is 0.322 e. The predicted molar refractivity (Wildman–Crippen MR) is 138 cm³/mol. The van der Waals surface area contributed by atoms with Crippen molar-refractivity contribution in [1.82, 2.24) is 14.4 Å². The molecule has 6 rings (SSSR count). The summed E-state index contributed by atoms with van der Waals surface area (Å²) in [5.74, 6) is 0. The van der Waals surface area contributed by atoms with Crippen molar-refractivity contribution in [2.75, 3.05) is 18.9 Å². The number of hydrogen-bond donors (Lipinski definition) is 1. The van der Waals surface area contributed by atoms with Gasteiger partial charge in [0.05, 0.1) is 18.3 Å². The van der Waals surface area contributed by atoms with Crippen LogP contribution in [0.5, 0.6) is 0 Å². The van der Waals surface area contributed by atoms with Crippen molar-refractivity contribution in [2.45, 2.75) is 25.6 Å². The summed E-state index contributed by atoms with van der Waals surface area (Å²) in [7, 11) is 2.17. The van der Waals surface area contributed by atoms with Gasteiger partial charge in [-0.2, -0.15) is 0 Å². The minimum Gasteiger partial charge on any atom is -0.310 e. The number of thiophene rings is 1. The quantitative estimate of drug-likeness (QED) is 0.359. The molecular formula is C27H25ClN4OS. The molecule has 0 saturated carbocycles. The fraction of sp³-hybridized carbons (Fsp3) is 0.222. The number of carbonyl (C=O) groups excluding carboxylic acids is 1. The highest BCUT2D eigenvalue weighted by Crippen LogP contribution is 2.43. The predicted octanol–water partition coefficient (Wildman–Crippen LogP) is 6.32. The molecule has 0 unspecified atom stereocenters. The van der Waals surface area contributed by atoms with Crippen LogP contribution < -0.4 is 5.32 Å². The summed E-state index contributed by atoms with van der Waals surface area (Å²) in [5.41, 5.74) is 5.58. The first kappa shape index (κ1) is 21.5. The van der Waals surface area contributed by atoms with Crippen LogP contribution in [0, 0.1) is 0 Å². The van der Waals surface area contributed by atoms with Crippen LogP contribution in [0.1, 0.15) is 33.3 Å². The lowest BCUT2D eigenvalue weighted by Crippen LogP contribution is -2.38. The van der Waals surface area contributed by atoms with E-state index in [4.69, 9.17) is 11.6 Å². The van der Waals surface area contributed by atoms with Crippen molar-refractivity contribution in [2.24, 2.45) is 0 Å². The normalized spacial score (nSPS) is 17.5. The van der Waals surface area contributed by atoms with Crippen molar-refractivity contribution in [3.63, 3.8) is 0 Å². The van der Waals surface area contributed by atoms with Crippen LogP contribution in [-0.2, 0) is 19.5 Å². The van der Waals surface area contributed by atoms with Crippen LogP contribution in [0.25, 0.3) is 5.00 Å². The van der Waals surface area contributed by atoms with E-state index in [0.29, 0.717) is 11.6 Å². The Morgan fingerprint density at radius 2 is 1.79 bits per heavy atom. The SMILES string of the molecule is CN1CCc2c(sc3c2CN(C(=O)Nc2ccccc2)[C@H](c2ccc(Cl)cc2)c2cccn2-3)C1. The Kier molecular flexibility index (Phi) is 5.44. The van der Waals surface area contributed by atoms with Gasteiger partial charge >= 0.3 is 6.03 Å². The summed E-state index contributed by atoms with van der Waals surface area (Å²) in [6, 6.07) is 21.4. The third-order valence-corrected chi connectivity index (χ3v) is 8.24. The third kappa shape index (κ3) is 3.72. The second kappa shape index (κ2) is 8.62. The minimum atomic E-state index is -0.238. The van der Waals surface area contributed by atoms with Crippen LogP contribution in [0.4, 0.5) is 10.5 Å². The number of rotatable bonds is 2. The number of likely N-dealkylation sites (N-methyl/N-ethyl adjacent to an activating group) is 1. The Labute approximate surface area is 208 Å². The molecule has 2 aliphatic rings. The Hall–Kier alpha value is -3.06. The van der Waals surface area contributed by atoms with E-state index in [1.165, 1.54) is 21.0 Å². The van der Waals surface area contributed by atoms with Gasteiger partial charge in [-0.3, -0.25) is 0 Å². The number of carbonyl (C=O) groups is 1. The monoisotopic (exact) mass is 488 g/mol. The van der Waals surface area contributed by atoms with E-state index < -0.39 is 0 Å². The van der Waals surface area contributed by atoms with E-state index >= 15 is 0 Å². The minimum absolute atomic E-state index is 0.111. The van der Waals surface area contributed by atoms with Crippen LogP contribution in [0.2, 0.25) is 5.02 Å². The molecule has 2 aromatic heterocycles. The number of benzene rings is 2. The molecule has 0 aliphatic carbocycles. The van der Waals surface area contributed by atoms with E-state index in [9.17, 15) is 4.79 Å². The zero-order chi connectivity index (χ0) is 23.2. The second-order valence-corrected chi connectivity index (χ2v) is 10.5. The van der Waals surface area contributed by atoms with E-state index in [2.05, 4.69) is 40.2 Å². The van der Waals surface area contributed by atoms with Gasteiger partial charge in [0.2, 0.25) is 0 Å². The molecule has 1 N–H and O–H groups in total. The molecule has 0 fully saturated rings. The molecule has 4 heterocycles. The number of nitrogens with zero attached hydrogens (tertiary/aromatic N) is 3. The number of urea groups is 1. The lowest BCUT2D eigenvalue weighted by atomic mass is 10.0. The first-order valence-corrected chi connectivity index (χ1v) is 12.7. The zero-order valence-electron chi connectivity index (χ0n) is 18.9. The average molecular weight is 489 g/mol. The van der Waals surface area contributed by atoms with Gasteiger partial charge in [0.1, 0.15) is 5.00 Å². The first-order chi connectivity index (χ1) is 16.6. The molecule has 0 saturated heterocycles. The van der Waals surface area contributed by atoms with Crippen LogP contribution in [0.15, 0.2) is 72.9 Å². The number of para-hydroxylation sites is 1. The van der Waals surface area contributed by atoms with Crippen molar-refractivity contribution >= 4 is 34.7 Å². The summed E-state index contributed by atoms with van der Waals surface area (Å²) >= 11 is 8.08. The fourth-order valence-electron chi connectivity index (χ4n) is 5.06. The van der Waals surface area contributed by atoms with Crippen LogP contribution >= 0.6 is 22.9 Å². The molecule has 7 heteroatoms. The molecule has 2 aliphatic heterocycles. The zero-order valence-corrected chi connectivity index (χ0v) is 20.4. The number of fused-ring (bicyclic) bond motifs is 5. The Morgan fingerprint density at radius 3 is 2.59 bits per heavy atom. The highest BCUT2D eigenvalue weighted by Gasteiger charge is 2.36. The van der Waals surface area contributed by atoms with Gasteiger partial charge in [-0.15, -0.1) is 11.3 Å². The standard InChI is InChI=1S/C27H25ClN4OS/c1-30-15-13-21-22-16-32(27(33)29-20-6-3-2-4-7-20)25(18-9-11-19(28)12-10-18)23-8-5-14-31(23)26(22)34-24(21)17-30/h2-12,14,25H,13,15-17H2,1H3,(H,29,33)/t25-/m1/s1. The van der Waals surface area contributed by atoms with Gasteiger partial charge in [0.25, 0.3) is 0 Å². The smallest absolute Gasteiger partial charge is 0.310 e. The molecule has 0 radical (unpaired) electrons. The maximum absolute atomic E-state index is 13.8. The van der Waals surface area contributed by atoms with Crippen LogP contribution in [-0.4, -0.2) is 34.0 Å². The molecule has 1 atom stereocenters. The lowest BCUT2D eigenvalue weighted by molar-refractivity contribution is 0.194. The van der Waals surface area contributed by atoms with Crippen molar-refractivity contribution in [3.8, 4) is 5.00 Å². The number of nitrogens with one attached hydrogen (secondary N) is 1. The average Bonchev–Trinajstić information content (AvgIpc) is 3.42. The fourth-order valence-corrected chi connectivity index (χ4v) is 6.63. The summed E-state index contributed by atoms with van der Waals surface area (Å²) in [5, 5.41) is 5.05. The summed E-state index contributed by atoms with van der Waals surface area (Å²) < 4.78 is 2.29. The summed E-state index contributed by atoms with van der Waals surface area (Å²) in [6.07, 6.45) is 3.13. The number of halogens is 1. The summed E-state index contributed by atoms with van der Waals surface area (Å²) in [4.78, 5) is 19.6. The number of hydrogen-bond acceptors (Lipinski definition) is 3. The maximum Gasteiger partial charge on any atom is 0.322 e. The van der Waals surface area contributed by atoms with Crippen molar-refractivity contribution < 1.29 is 4.79 Å². The number of aromatic nitrogens is 1. The van der Waals surface area contributed by atoms with E-state index in [0.717, 1.165) is 36.5 Å². The highest BCUT2D eigenvalue weighted by molar-refractivity contribution is 7.15. The summed E-state index contributed by atoms with van der Waals surface area (Å²) in [6.45, 7) is 2.55. The highest BCUT2D eigenvalue weighted by atomic mass is 35.5. The van der Waals surface area contributed by atoms with Crippen molar-refractivity contribution in [3.05, 3.63) is 105 Å². The number of amides is 2. The van der Waals surface area contributed by atoms with E-state index in [1.807, 2.05) is 70.8 Å². The van der Waals surface area contributed by atoms with E-state index in [-0.39, 0.29) is 12.1 Å². The molecule has 34 heavy (non-hydrogen) atoms. The van der Waals surface area contributed by atoms with Gasteiger partial charge in [0.15, 0.2) is 0 Å². The molecule has 2 amide bonds. The van der Waals surface area contributed by atoms with Gasteiger partial charge in [-0.05, 0) is 61.0 Å². The molecule has 172 valence electrons. The molecule has 0 spiro atoms. The van der Waals surface area contributed by atoms with Gasteiger partial charge in [0, 0.05) is 40.4 Å². The number of anilines is 1. The molecule has 4 aromatic rings. The maximum atomic E-state index is 13.8. The molecule has 0 bridgehead atoms. The Morgan fingerprint density at radius 1 is 1.00 bits per heavy atom. The molecular weight excluding hydrogens is 464 g/mol. The van der Waals surface area contributed by atoms with Crippen LogP contribution in [0.3, 0.4) is 0 Å². The lowest BCUT2D eigenvalue weighted by Gasteiger charge is -2.32. The second-order valence-electron chi connectivity index (χ2n) is 8.96. The molecule has 5 nitrogen and oxygen atoms in total. The first-order valence-electron chi connectivity index (χ1n) is 11.5. The topological polar surface area (TPSA) is 40.5 Å². The Bertz CT molecular complexity index is 1340. The van der Waals surface area contributed by atoms with Gasteiger partial charge in [-0.25, -0.2) is 4.79 Å².